The largest absolute Gasteiger partial charge is 0.545 e. The minimum atomic E-state index is -1.62. The van der Waals surface area contributed by atoms with E-state index in [1.165, 1.54) is 18.2 Å². The van der Waals surface area contributed by atoms with E-state index >= 15 is 0 Å². The summed E-state index contributed by atoms with van der Waals surface area (Å²) in [7, 11) is 0. The normalized spacial score (nSPS) is 10.0. The van der Waals surface area contributed by atoms with Crippen LogP contribution in [0.5, 0.6) is 0 Å². The highest BCUT2D eigenvalue weighted by atomic mass is 19.1. The molecule has 0 unspecified atom stereocenters. The smallest absolute Gasteiger partial charge is 0.258 e. The summed E-state index contributed by atoms with van der Waals surface area (Å²) < 4.78 is 13.5. The maximum absolute atomic E-state index is 13.5. The third-order valence-corrected chi connectivity index (χ3v) is 2.78. The van der Waals surface area contributed by atoms with Gasteiger partial charge in [0.05, 0.1) is 17.5 Å². The molecule has 2 rings (SSSR count). The molecule has 0 saturated heterocycles. The molecule has 2 aromatic rings. The number of nitrogens with one attached hydrogen (secondary N) is 1. The quantitative estimate of drug-likeness (QED) is 0.841. The number of rotatable bonds is 4. The Morgan fingerprint density at radius 2 is 1.45 bits per heavy atom. The van der Waals surface area contributed by atoms with Gasteiger partial charge in [0.2, 0.25) is 0 Å². The molecule has 1 amide bonds. The van der Waals surface area contributed by atoms with Crippen molar-refractivity contribution in [3.63, 3.8) is 0 Å². The van der Waals surface area contributed by atoms with Crippen LogP contribution in [-0.2, 0) is 0 Å². The predicted molar refractivity (Wildman–Crippen MR) is 69.5 cm³/mol. The number of anilines is 1. The number of carboxylic acids is 2. The number of aromatic carboxylic acids is 2. The van der Waals surface area contributed by atoms with Gasteiger partial charge >= 0.3 is 0 Å². The van der Waals surface area contributed by atoms with Crippen LogP contribution >= 0.6 is 0 Å². The number of amides is 1. The molecule has 0 saturated carbocycles. The van der Waals surface area contributed by atoms with Gasteiger partial charge in [-0.25, -0.2) is 4.39 Å². The lowest BCUT2D eigenvalue weighted by atomic mass is 10.1. The van der Waals surface area contributed by atoms with Crippen molar-refractivity contribution in [2.24, 2.45) is 0 Å². The number of carboxylic acid groups (broad SMARTS) is 2. The van der Waals surface area contributed by atoms with Crippen LogP contribution in [0.15, 0.2) is 42.5 Å². The summed E-state index contributed by atoms with van der Waals surface area (Å²) in [5.74, 6) is -4.86. The fraction of sp³-hybridized carbons (Fsp3) is 0. The van der Waals surface area contributed by atoms with Gasteiger partial charge in [0.15, 0.2) is 0 Å². The zero-order chi connectivity index (χ0) is 16.3. The van der Waals surface area contributed by atoms with Crippen LogP contribution in [0.4, 0.5) is 10.1 Å². The van der Waals surface area contributed by atoms with Gasteiger partial charge in [-0.2, -0.15) is 0 Å². The molecule has 0 bridgehead atoms. The first kappa shape index (κ1) is 15.2. The van der Waals surface area contributed by atoms with E-state index in [1.54, 1.807) is 0 Å². The average molecular weight is 301 g/mol. The molecular weight excluding hydrogens is 293 g/mol. The number of hydrogen-bond acceptors (Lipinski definition) is 5. The van der Waals surface area contributed by atoms with Crippen molar-refractivity contribution in [3.05, 3.63) is 65.0 Å². The van der Waals surface area contributed by atoms with Gasteiger partial charge in [-0.15, -0.1) is 0 Å². The fourth-order valence-electron chi connectivity index (χ4n) is 1.78. The van der Waals surface area contributed by atoms with Crippen molar-refractivity contribution in [1.29, 1.82) is 0 Å². The van der Waals surface area contributed by atoms with Gasteiger partial charge in [-0.1, -0.05) is 12.1 Å². The van der Waals surface area contributed by atoms with E-state index in [4.69, 9.17) is 0 Å². The van der Waals surface area contributed by atoms with E-state index in [2.05, 4.69) is 5.32 Å². The number of halogens is 1. The zero-order valence-corrected chi connectivity index (χ0v) is 11.0. The van der Waals surface area contributed by atoms with E-state index in [0.29, 0.717) is 0 Å². The van der Waals surface area contributed by atoms with E-state index in [-0.39, 0.29) is 11.3 Å². The molecule has 0 heterocycles. The standard InChI is InChI=1S/C15H10FNO5/c16-12-4-2-1-3-11(12)13(18)17-10-6-8(14(19)20)5-9(7-10)15(21)22/h1-7H,(H,17,18)(H,19,20)(H,21,22)/p-2. The minimum absolute atomic E-state index is 0.130. The van der Waals surface area contributed by atoms with Crippen LogP contribution in [0.3, 0.4) is 0 Å². The minimum Gasteiger partial charge on any atom is -0.545 e. The SMILES string of the molecule is O=C([O-])c1cc(NC(=O)c2ccccc2F)cc(C(=O)[O-])c1. The Hall–Kier alpha value is -3.22. The predicted octanol–water partition coefficient (Wildman–Crippen LogP) is -0.195. The first-order valence-electron chi connectivity index (χ1n) is 6.02. The Morgan fingerprint density at radius 1 is 0.909 bits per heavy atom. The molecule has 0 aromatic heterocycles. The van der Waals surface area contributed by atoms with Crippen molar-refractivity contribution in [1.82, 2.24) is 0 Å². The molecule has 0 aliphatic rings. The third kappa shape index (κ3) is 3.26. The Morgan fingerprint density at radius 3 is 1.95 bits per heavy atom. The molecule has 1 N–H and O–H groups in total. The number of hydrogen-bond donors (Lipinski definition) is 1. The topological polar surface area (TPSA) is 109 Å². The second-order valence-electron chi connectivity index (χ2n) is 4.31. The highest BCUT2D eigenvalue weighted by Gasteiger charge is 2.12. The maximum Gasteiger partial charge on any atom is 0.258 e. The number of carbonyl (C=O) groups excluding carboxylic acids is 3. The Balaban J connectivity index is 2.37. The van der Waals surface area contributed by atoms with Gasteiger partial charge < -0.3 is 25.1 Å². The first-order valence-corrected chi connectivity index (χ1v) is 6.02. The van der Waals surface area contributed by atoms with Crippen molar-refractivity contribution in [2.75, 3.05) is 5.32 Å². The lowest BCUT2D eigenvalue weighted by molar-refractivity contribution is -0.255. The van der Waals surface area contributed by atoms with Crippen LogP contribution in [0.25, 0.3) is 0 Å². The van der Waals surface area contributed by atoms with Crippen LogP contribution in [0, 0.1) is 5.82 Å². The monoisotopic (exact) mass is 301 g/mol. The van der Waals surface area contributed by atoms with Crippen molar-refractivity contribution in [3.8, 4) is 0 Å². The van der Waals surface area contributed by atoms with Crippen LogP contribution in [0.2, 0.25) is 0 Å². The van der Waals surface area contributed by atoms with Gasteiger partial charge in [-0.3, -0.25) is 4.79 Å². The molecule has 2 aromatic carbocycles. The lowest BCUT2D eigenvalue weighted by Gasteiger charge is -2.12. The zero-order valence-electron chi connectivity index (χ0n) is 11.0. The third-order valence-electron chi connectivity index (χ3n) is 2.78. The van der Waals surface area contributed by atoms with Crippen LogP contribution < -0.4 is 15.5 Å². The number of benzene rings is 2. The molecule has 22 heavy (non-hydrogen) atoms. The fourth-order valence-corrected chi connectivity index (χ4v) is 1.78. The summed E-state index contributed by atoms with van der Waals surface area (Å²) >= 11 is 0. The summed E-state index contributed by atoms with van der Waals surface area (Å²) in [5.41, 5.74) is -1.30. The molecule has 112 valence electrons. The first-order chi connectivity index (χ1) is 10.4. The van der Waals surface area contributed by atoms with E-state index in [9.17, 15) is 29.0 Å². The highest BCUT2D eigenvalue weighted by molar-refractivity contribution is 6.05. The molecule has 7 heteroatoms. The van der Waals surface area contributed by atoms with Crippen molar-refractivity contribution >= 4 is 23.5 Å². The molecule has 0 aliphatic carbocycles. The summed E-state index contributed by atoms with van der Waals surface area (Å²) in [6, 6.07) is 8.00. The van der Waals surface area contributed by atoms with E-state index in [1.807, 2.05) is 0 Å². The Bertz CT molecular complexity index is 740. The summed E-state index contributed by atoms with van der Waals surface area (Å²) in [5, 5.41) is 23.9. The molecule has 0 radical (unpaired) electrons. The second-order valence-corrected chi connectivity index (χ2v) is 4.31. The summed E-state index contributed by atoms with van der Waals surface area (Å²) in [4.78, 5) is 33.6. The van der Waals surface area contributed by atoms with Gasteiger partial charge in [0, 0.05) is 5.69 Å². The molecular formula is C15H8FNO5-2. The maximum atomic E-state index is 13.5. The van der Waals surface area contributed by atoms with Crippen LogP contribution in [-0.4, -0.2) is 17.8 Å². The van der Waals surface area contributed by atoms with Gasteiger partial charge in [0.1, 0.15) is 5.82 Å². The van der Waals surface area contributed by atoms with E-state index < -0.39 is 34.8 Å². The van der Waals surface area contributed by atoms with Crippen molar-refractivity contribution in [2.45, 2.75) is 0 Å². The number of carbonyl (C=O) groups is 3. The van der Waals surface area contributed by atoms with Crippen LogP contribution in [0.1, 0.15) is 31.1 Å². The molecule has 6 nitrogen and oxygen atoms in total. The molecule has 0 atom stereocenters. The Labute approximate surface area is 123 Å². The Kier molecular flexibility index (Phi) is 4.17. The molecule has 0 aliphatic heterocycles. The highest BCUT2D eigenvalue weighted by Crippen LogP contribution is 2.16. The molecule has 0 spiro atoms. The van der Waals surface area contributed by atoms with E-state index in [0.717, 1.165) is 24.3 Å². The summed E-state index contributed by atoms with van der Waals surface area (Å²) in [6.07, 6.45) is 0. The lowest BCUT2D eigenvalue weighted by Crippen LogP contribution is -2.26. The van der Waals surface area contributed by atoms with Gasteiger partial charge in [-0.05, 0) is 41.5 Å². The average Bonchev–Trinajstić information content (AvgIpc) is 2.47. The van der Waals surface area contributed by atoms with Crippen molar-refractivity contribution < 1.29 is 29.0 Å². The molecule has 0 fully saturated rings. The van der Waals surface area contributed by atoms with Gasteiger partial charge in [0.25, 0.3) is 5.91 Å². The summed E-state index contributed by atoms with van der Waals surface area (Å²) in [6.45, 7) is 0. The second kappa shape index (κ2) is 6.04.